The Morgan fingerprint density at radius 2 is 2.29 bits per heavy atom. The monoisotopic (exact) mass is 193 g/mol. The average Bonchev–Trinajstić information content (AvgIpc) is 2.49. The molecule has 0 aliphatic heterocycles. The Morgan fingerprint density at radius 1 is 1.50 bits per heavy atom. The lowest BCUT2D eigenvalue weighted by atomic mass is 10.2. The van der Waals surface area contributed by atoms with Crippen LogP contribution in [0.5, 0.6) is 0 Å². The van der Waals surface area contributed by atoms with Crippen molar-refractivity contribution < 1.29 is 9.90 Å². The lowest BCUT2D eigenvalue weighted by Crippen LogP contribution is -2.06. The molecule has 0 atom stereocenters. The minimum atomic E-state index is -0.951. The van der Waals surface area contributed by atoms with Crippen molar-refractivity contribution in [1.82, 2.24) is 15.0 Å². The Morgan fingerprint density at radius 3 is 3.00 bits per heavy atom. The maximum Gasteiger partial charge on any atom is 0.307 e. The number of hydrogen-bond donors (Lipinski definition) is 3. The van der Waals surface area contributed by atoms with Crippen LogP contribution in [0.15, 0.2) is 17.3 Å². The van der Waals surface area contributed by atoms with Crippen LogP contribution in [0.4, 0.5) is 0 Å². The molecule has 0 spiro atoms. The van der Waals surface area contributed by atoms with Crippen molar-refractivity contribution in [2.75, 3.05) is 0 Å². The van der Waals surface area contributed by atoms with E-state index in [1.54, 1.807) is 0 Å². The smallest absolute Gasteiger partial charge is 0.307 e. The highest BCUT2D eigenvalue weighted by molar-refractivity contribution is 5.82. The van der Waals surface area contributed by atoms with Crippen LogP contribution in [-0.4, -0.2) is 26.0 Å². The highest BCUT2D eigenvalue weighted by Gasteiger charge is 2.10. The largest absolute Gasteiger partial charge is 0.481 e. The summed E-state index contributed by atoms with van der Waals surface area (Å²) in [6, 6.07) is 0. The van der Waals surface area contributed by atoms with Crippen molar-refractivity contribution in [1.29, 1.82) is 0 Å². The van der Waals surface area contributed by atoms with Gasteiger partial charge in [-0.1, -0.05) is 0 Å². The van der Waals surface area contributed by atoms with Crippen LogP contribution in [0.2, 0.25) is 0 Å². The predicted molar refractivity (Wildman–Crippen MR) is 48.1 cm³/mol. The zero-order valence-electron chi connectivity index (χ0n) is 7.07. The molecule has 0 aliphatic rings. The Kier molecular flexibility index (Phi) is 1.81. The van der Waals surface area contributed by atoms with Crippen LogP contribution in [0.1, 0.15) is 5.56 Å². The van der Waals surface area contributed by atoms with Crippen LogP contribution in [0.25, 0.3) is 11.0 Å². The van der Waals surface area contributed by atoms with E-state index in [1.165, 1.54) is 12.5 Å². The van der Waals surface area contributed by atoms with Gasteiger partial charge in [-0.25, -0.2) is 4.98 Å². The number of rotatable bonds is 2. The van der Waals surface area contributed by atoms with Gasteiger partial charge in [0, 0.05) is 11.8 Å². The van der Waals surface area contributed by atoms with Crippen molar-refractivity contribution in [2.24, 2.45) is 0 Å². The van der Waals surface area contributed by atoms with E-state index in [0.29, 0.717) is 16.6 Å². The minimum Gasteiger partial charge on any atom is -0.481 e. The maximum atomic E-state index is 11.2. The van der Waals surface area contributed by atoms with Gasteiger partial charge in [0.05, 0.1) is 18.3 Å². The van der Waals surface area contributed by atoms with Gasteiger partial charge in [0.2, 0.25) is 0 Å². The summed E-state index contributed by atoms with van der Waals surface area (Å²) in [5.74, 6) is -0.951. The molecule has 0 fully saturated rings. The predicted octanol–water partition coefficient (Wildman–Crippen LogP) is -0.122. The number of nitrogens with zero attached hydrogens (tertiary/aromatic N) is 1. The third-order valence-electron chi connectivity index (χ3n) is 1.89. The molecule has 3 N–H and O–H groups in total. The van der Waals surface area contributed by atoms with Crippen LogP contribution < -0.4 is 5.56 Å². The number of carbonyl (C=O) groups is 1. The van der Waals surface area contributed by atoms with Crippen LogP contribution in [0.3, 0.4) is 0 Å². The first kappa shape index (κ1) is 8.49. The highest BCUT2D eigenvalue weighted by Crippen LogP contribution is 2.11. The summed E-state index contributed by atoms with van der Waals surface area (Å²) in [6.45, 7) is 0. The standard InChI is InChI=1S/C8H7N3O3/c12-5(13)1-4-2-9-7-6(4)10-3-11-8(7)14/h2-3,9H,1H2,(H,12,13)(H,10,11,14). The van der Waals surface area contributed by atoms with Gasteiger partial charge in [-0.05, 0) is 0 Å². The summed E-state index contributed by atoms with van der Waals surface area (Å²) >= 11 is 0. The van der Waals surface area contributed by atoms with Crippen molar-refractivity contribution in [3.63, 3.8) is 0 Å². The Labute approximate surface area is 77.6 Å². The van der Waals surface area contributed by atoms with Crippen molar-refractivity contribution in [3.05, 3.63) is 28.4 Å². The summed E-state index contributed by atoms with van der Waals surface area (Å²) in [5.41, 5.74) is 0.935. The molecule has 2 aromatic heterocycles. The van der Waals surface area contributed by atoms with Crippen molar-refractivity contribution in [2.45, 2.75) is 6.42 Å². The summed E-state index contributed by atoms with van der Waals surface area (Å²) in [5, 5.41) is 8.59. The molecule has 2 rings (SSSR count). The molecule has 6 nitrogen and oxygen atoms in total. The summed E-state index contributed by atoms with van der Waals surface area (Å²) in [6.07, 6.45) is 2.60. The van der Waals surface area contributed by atoms with E-state index in [1.807, 2.05) is 0 Å². The molecule has 0 aliphatic carbocycles. The first-order valence-electron chi connectivity index (χ1n) is 3.94. The van der Waals surface area contributed by atoms with E-state index < -0.39 is 5.97 Å². The molecular weight excluding hydrogens is 186 g/mol. The Balaban J connectivity index is 2.64. The van der Waals surface area contributed by atoms with Crippen LogP contribution >= 0.6 is 0 Å². The Hall–Kier alpha value is -2.11. The van der Waals surface area contributed by atoms with Gasteiger partial charge in [0.1, 0.15) is 5.52 Å². The third-order valence-corrected chi connectivity index (χ3v) is 1.89. The molecular formula is C8H7N3O3. The van der Waals surface area contributed by atoms with E-state index in [4.69, 9.17) is 5.11 Å². The fraction of sp³-hybridized carbons (Fsp3) is 0.125. The number of H-pyrrole nitrogens is 2. The average molecular weight is 193 g/mol. The summed E-state index contributed by atoms with van der Waals surface area (Å²) in [7, 11) is 0. The van der Waals surface area contributed by atoms with Gasteiger partial charge in [0.25, 0.3) is 5.56 Å². The van der Waals surface area contributed by atoms with E-state index in [-0.39, 0.29) is 12.0 Å². The normalized spacial score (nSPS) is 10.6. The fourth-order valence-corrected chi connectivity index (χ4v) is 1.30. The van der Waals surface area contributed by atoms with E-state index in [2.05, 4.69) is 15.0 Å². The molecule has 0 bridgehead atoms. The quantitative estimate of drug-likeness (QED) is 0.619. The first-order chi connectivity index (χ1) is 6.68. The van der Waals surface area contributed by atoms with E-state index in [9.17, 15) is 9.59 Å². The number of aromatic amines is 2. The second kappa shape index (κ2) is 2.99. The van der Waals surface area contributed by atoms with Crippen molar-refractivity contribution in [3.8, 4) is 0 Å². The van der Waals surface area contributed by atoms with Crippen LogP contribution in [0, 0.1) is 0 Å². The minimum absolute atomic E-state index is 0.142. The number of aromatic nitrogens is 3. The number of nitrogens with one attached hydrogen (secondary N) is 2. The van der Waals surface area contributed by atoms with Gasteiger partial charge in [0.15, 0.2) is 0 Å². The molecule has 0 amide bonds. The lowest BCUT2D eigenvalue weighted by molar-refractivity contribution is -0.136. The second-order valence-corrected chi connectivity index (χ2v) is 2.84. The zero-order chi connectivity index (χ0) is 10.1. The molecule has 0 radical (unpaired) electrons. The van der Waals surface area contributed by atoms with Gasteiger partial charge in [-0.2, -0.15) is 0 Å². The van der Waals surface area contributed by atoms with E-state index >= 15 is 0 Å². The molecule has 14 heavy (non-hydrogen) atoms. The molecule has 6 heteroatoms. The molecule has 0 aromatic carbocycles. The van der Waals surface area contributed by atoms with Gasteiger partial charge >= 0.3 is 5.97 Å². The highest BCUT2D eigenvalue weighted by atomic mass is 16.4. The maximum absolute atomic E-state index is 11.2. The van der Waals surface area contributed by atoms with Gasteiger partial charge in [-0.15, -0.1) is 0 Å². The molecule has 0 saturated carbocycles. The lowest BCUT2D eigenvalue weighted by Gasteiger charge is -1.91. The molecule has 0 saturated heterocycles. The number of aliphatic carboxylic acids is 1. The summed E-state index contributed by atoms with van der Waals surface area (Å²) < 4.78 is 0. The van der Waals surface area contributed by atoms with Gasteiger partial charge < -0.3 is 15.1 Å². The second-order valence-electron chi connectivity index (χ2n) is 2.84. The van der Waals surface area contributed by atoms with Gasteiger partial charge in [-0.3, -0.25) is 9.59 Å². The van der Waals surface area contributed by atoms with E-state index in [0.717, 1.165) is 0 Å². The number of carboxylic acid groups (broad SMARTS) is 1. The number of hydrogen-bond acceptors (Lipinski definition) is 3. The fourth-order valence-electron chi connectivity index (χ4n) is 1.30. The zero-order valence-corrected chi connectivity index (χ0v) is 7.07. The molecule has 2 aromatic rings. The van der Waals surface area contributed by atoms with Crippen molar-refractivity contribution >= 4 is 17.0 Å². The SMILES string of the molecule is O=C(O)Cc1c[nH]c2c(=O)[nH]cnc12. The molecule has 2 heterocycles. The Bertz CT molecular complexity index is 540. The topological polar surface area (TPSA) is 98.8 Å². The number of fused-ring (bicyclic) bond motifs is 1. The molecule has 72 valence electrons. The number of carboxylic acids is 1. The molecule has 0 unspecified atom stereocenters. The summed E-state index contributed by atoms with van der Waals surface area (Å²) in [4.78, 5) is 30.7. The third kappa shape index (κ3) is 1.26. The van der Waals surface area contributed by atoms with Crippen LogP contribution in [-0.2, 0) is 11.2 Å². The first-order valence-corrected chi connectivity index (χ1v) is 3.94.